The normalized spacial score (nSPS) is 10.6. The summed E-state index contributed by atoms with van der Waals surface area (Å²) >= 11 is 0. The standard InChI is InChI=1S/C20H24N2O4/c1-4-24-17-10-7-15(8-11-17)14-21-22-20(23)16-9-12-18(25-5-2)19(13-16)26-6-3/h7-14H,4-6H2,1-3H3,(H,22,23)/b21-14+. The number of ether oxygens (including phenoxy) is 3. The van der Waals surface area contributed by atoms with Gasteiger partial charge in [0.2, 0.25) is 0 Å². The molecule has 0 saturated heterocycles. The van der Waals surface area contributed by atoms with Gasteiger partial charge in [0.25, 0.3) is 5.91 Å². The maximum absolute atomic E-state index is 12.3. The molecule has 6 nitrogen and oxygen atoms in total. The maximum atomic E-state index is 12.3. The predicted octanol–water partition coefficient (Wildman–Crippen LogP) is 3.65. The minimum atomic E-state index is -0.323. The van der Waals surface area contributed by atoms with Crippen LogP contribution in [0.4, 0.5) is 0 Å². The summed E-state index contributed by atoms with van der Waals surface area (Å²) in [6.07, 6.45) is 1.58. The highest BCUT2D eigenvalue weighted by atomic mass is 16.5. The Morgan fingerprint density at radius 3 is 2.23 bits per heavy atom. The fourth-order valence-electron chi connectivity index (χ4n) is 2.24. The van der Waals surface area contributed by atoms with Crippen molar-refractivity contribution in [2.75, 3.05) is 19.8 Å². The van der Waals surface area contributed by atoms with Crippen molar-refractivity contribution in [2.45, 2.75) is 20.8 Å². The molecule has 0 radical (unpaired) electrons. The van der Waals surface area contributed by atoms with E-state index in [0.29, 0.717) is 36.9 Å². The highest BCUT2D eigenvalue weighted by Crippen LogP contribution is 2.28. The highest BCUT2D eigenvalue weighted by molar-refractivity contribution is 5.95. The van der Waals surface area contributed by atoms with Crippen molar-refractivity contribution < 1.29 is 19.0 Å². The van der Waals surface area contributed by atoms with Crippen LogP contribution in [0.1, 0.15) is 36.7 Å². The van der Waals surface area contributed by atoms with E-state index < -0.39 is 0 Å². The summed E-state index contributed by atoms with van der Waals surface area (Å²) in [5, 5.41) is 3.99. The lowest BCUT2D eigenvalue weighted by atomic mass is 10.2. The van der Waals surface area contributed by atoms with Crippen molar-refractivity contribution in [3.8, 4) is 17.2 Å². The van der Waals surface area contributed by atoms with Gasteiger partial charge in [0.15, 0.2) is 11.5 Å². The number of hydrazone groups is 1. The molecule has 0 spiro atoms. The van der Waals surface area contributed by atoms with E-state index in [0.717, 1.165) is 11.3 Å². The summed E-state index contributed by atoms with van der Waals surface area (Å²) in [6.45, 7) is 7.34. The van der Waals surface area contributed by atoms with Crippen molar-refractivity contribution in [2.24, 2.45) is 5.10 Å². The van der Waals surface area contributed by atoms with E-state index in [1.165, 1.54) is 0 Å². The lowest BCUT2D eigenvalue weighted by Crippen LogP contribution is -2.17. The van der Waals surface area contributed by atoms with E-state index in [2.05, 4.69) is 10.5 Å². The molecule has 0 heterocycles. The Bertz CT molecular complexity index is 742. The quantitative estimate of drug-likeness (QED) is 0.550. The Hall–Kier alpha value is -3.02. The van der Waals surface area contributed by atoms with Crippen LogP contribution in [0, 0.1) is 0 Å². The van der Waals surface area contributed by atoms with Gasteiger partial charge in [-0.25, -0.2) is 5.43 Å². The van der Waals surface area contributed by atoms with Crippen molar-refractivity contribution >= 4 is 12.1 Å². The van der Waals surface area contributed by atoms with Gasteiger partial charge in [-0.15, -0.1) is 0 Å². The van der Waals surface area contributed by atoms with Gasteiger partial charge in [-0.3, -0.25) is 4.79 Å². The van der Waals surface area contributed by atoms with Gasteiger partial charge in [0, 0.05) is 5.56 Å². The van der Waals surface area contributed by atoms with Gasteiger partial charge in [-0.1, -0.05) is 0 Å². The first-order valence-electron chi connectivity index (χ1n) is 8.63. The van der Waals surface area contributed by atoms with E-state index >= 15 is 0 Å². The smallest absolute Gasteiger partial charge is 0.271 e. The molecule has 0 aliphatic heterocycles. The Morgan fingerprint density at radius 2 is 1.58 bits per heavy atom. The maximum Gasteiger partial charge on any atom is 0.271 e. The molecule has 0 saturated carbocycles. The van der Waals surface area contributed by atoms with Crippen LogP contribution in [-0.4, -0.2) is 31.9 Å². The van der Waals surface area contributed by atoms with Crippen molar-refractivity contribution in [1.29, 1.82) is 0 Å². The van der Waals surface area contributed by atoms with Gasteiger partial charge >= 0.3 is 0 Å². The first-order chi connectivity index (χ1) is 12.7. The first-order valence-corrected chi connectivity index (χ1v) is 8.63. The second kappa shape index (κ2) is 10.1. The lowest BCUT2D eigenvalue weighted by molar-refractivity contribution is 0.0954. The average Bonchev–Trinajstić information content (AvgIpc) is 2.65. The summed E-state index contributed by atoms with van der Waals surface area (Å²) in [7, 11) is 0. The van der Waals surface area contributed by atoms with E-state index in [1.807, 2.05) is 45.0 Å². The van der Waals surface area contributed by atoms with Gasteiger partial charge in [-0.05, 0) is 68.8 Å². The number of nitrogens with zero attached hydrogens (tertiary/aromatic N) is 1. The summed E-state index contributed by atoms with van der Waals surface area (Å²) in [4.78, 5) is 12.3. The van der Waals surface area contributed by atoms with Crippen LogP contribution in [0.3, 0.4) is 0 Å². The fourth-order valence-corrected chi connectivity index (χ4v) is 2.24. The lowest BCUT2D eigenvalue weighted by Gasteiger charge is -2.11. The molecular weight excluding hydrogens is 332 g/mol. The zero-order valence-electron chi connectivity index (χ0n) is 15.3. The highest BCUT2D eigenvalue weighted by Gasteiger charge is 2.11. The molecule has 0 aliphatic rings. The molecular formula is C20H24N2O4. The van der Waals surface area contributed by atoms with E-state index in [-0.39, 0.29) is 5.91 Å². The number of hydrogen-bond acceptors (Lipinski definition) is 5. The molecule has 1 amide bonds. The second-order valence-electron chi connectivity index (χ2n) is 5.23. The zero-order chi connectivity index (χ0) is 18.8. The molecule has 2 aromatic carbocycles. The molecule has 0 atom stereocenters. The fraction of sp³-hybridized carbons (Fsp3) is 0.300. The van der Waals surface area contributed by atoms with Crippen molar-refractivity contribution in [3.63, 3.8) is 0 Å². The molecule has 1 N–H and O–H groups in total. The molecule has 2 aromatic rings. The number of benzene rings is 2. The summed E-state index contributed by atoms with van der Waals surface area (Å²) < 4.78 is 16.4. The second-order valence-corrected chi connectivity index (χ2v) is 5.23. The number of carbonyl (C=O) groups is 1. The van der Waals surface area contributed by atoms with E-state index in [1.54, 1.807) is 24.4 Å². The topological polar surface area (TPSA) is 69.2 Å². The number of hydrogen-bond donors (Lipinski definition) is 1. The molecule has 138 valence electrons. The summed E-state index contributed by atoms with van der Waals surface area (Å²) in [5.41, 5.74) is 3.81. The minimum Gasteiger partial charge on any atom is -0.494 e. The molecule has 6 heteroatoms. The molecule has 0 fully saturated rings. The Morgan fingerprint density at radius 1 is 0.923 bits per heavy atom. The molecule has 2 rings (SSSR count). The average molecular weight is 356 g/mol. The van der Waals surface area contributed by atoms with Gasteiger partial charge in [0.05, 0.1) is 26.0 Å². The molecule has 0 aromatic heterocycles. The van der Waals surface area contributed by atoms with Gasteiger partial charge < -0.3 is 14.2 Å². The molecule has 0 aliphatic carbocycles. The number of nitrogens with one attached hydrogen (secondary N) is 1. The number of amides is 1. The number of carbonyl (C=O) groups excluding carboxylic acids is 1. The monoisotopic (exact) mass is 356 g/mol. The molecule has 26 heavy (non-hydrogen) atoms. The van der Waals surface area contributed by atoms with E-state index in [4.69, 9.17) is 14.2 Å². The van der Waals surface area contributed by atoms with Crippen LogP contribution in [0.25, 0.3) is 0 Å². The van der Waals surface area contributed by atoms with Crippen LogP contribution >= 0.6 is 0 Å². The predicted molar refractivity (Wildman–Crippen MR) is 101 cm³/mol. The SMILES string of the molecule is CCOc1ccc(/C=N/NC(=O)c2ccc(OCC)c(OCC)c2)cc1. The van der Waals surface area contributed by atoms with Gasteiger partial charge in [-0.2, -0.15) is 5.10 Å². The Labute approximate surface area is 153 Å². The van der Waals surface area contributed by atoms with Crippen LogP contribution in [-0.2, 0) is 0 Å². The van der Waals surface area contributed by atoms with Crippen LogP contribution in [0.2, 0.25) is 0 Å². The third kappa shape index (κ3) is 5.51. The Balaban J connectivity index is 2.01. The van der Waals surface area contributed by atoms with Crippen molar-refractivity contribution in [1.82, 2.24) is 5.43 Å². The first kappa shape index (κ1) is 19.3. The largest absolute Gasteiger partial charge is 0.494 e. The zero-order valence-corrected chi connectivity index (χ0v) is 15.3. The molecule has 0 unspecified atom stereocenters. The van der Waals surface area contributed by atoms with Crippen molar-refractivity contribution in [3.05, 3.63) is 53.6 Å². The Kier molecular flexibility index (Phi) is 7.49. The summed E-state index contributed by atoms with van der Waals surface area (Å²) in [5.74, 6) is 1.63. The third-order valence-corrected chi connectivity index (χ3v) is 3.38. The molecule has 0 bridgehead atoms. The third-order valence-electron chi connectivity index (χ3n) is 3.38. The van der Waals surface area contributed by atoms with Crippen LogP contribution in [0.5, 0.6) is 17.2 Å². The van der Waals surface area contributed by atoms with Crippen LogP contribution < -0.4 is 19.6 Å². The summed E-state index contributed by atoms with van der Waals surface area (Å²) in [6, 6.07) is 12.5. The van der Waals surface area contributed by atoms with Gasteiger partial charge in [0.1, 0.15) is 5.75 Å². The van der Waals surface area contributed by atoms with Crippen LogP contribution in [0.15, 0.2) is 47.6 Å². The number of rotatable bonds is 9. The van der Waals surface area contributed by atoms with E-state index in [9.17, 15) is 4.79 Å². The minimum absolute atomic E-state index is 0.323.